The molecule has 0 saturated heterocycles. The van der Waals surface area contributed by atoms with Gasteiger partial charge in [-0.15, -0.1) is 5.10 Å². The van der Waals surface area contributed by atoms with Crippen molar-refractivity contribution >= 4 is 22.9 Å². The molecule has 3 aromatic rings. The fourth-order valence-electron chi connectivity index (χ4n) is 2.14. The van der Waals surface area contributed by atoms with Gasteiger partial charge in [-0.25, -0.2) is 20.1 Å². The number of nitrogens with one attached hydrogen (secondary N) is 2. The van der Waals surface area contributed by atoms with Gasteiger partial charge >= 0.3 is 0 Å². The van der Waals surface area contributed by atoms with E-state index in [4.69, 9.17) is 11.5 Å². The Morgan fingerprint density at radius 2 is 2.04 bits per heavy atom. The third-order valence-electron chi connectivity index (χ3n) is 3.23. The topological polar surface area (TPSA) is 144 Å². The van der Waals surface area contributed by atoms with Crippen molar-refractivity contribution in [3.63, 3.8) is 0 Å². The fraction of sp³-hybridized carbons (Fsp3) is 0.214. The Bertz CT molecular complexity index is 821. The van der Waals surface area contributed by atoms with Gasteiger partial charge in [0.05, 0.1) is 0 Å². The number of hydrogen-bond donors (Lipinski definition) is 4. The Labute approximate surface area is 132 Å². The van der Waals surface area contributed by atoms with Crippen LogP contribution in [0.5, 0.6) is 0 Å². The number of H-pyrrole nitrogens is 1. The zero-order valence-electron chi connectivity index (χ0n) is 12.6. The number of anilines is 1. The lowest BCUT2D eigenvalue weighted by Gasteiger charge is -2.10. The van der Waals surface area contributed by atoms with Gasteiger partial charge < -0.3 is 16.8 Å². The number of aromatic amines is 1. The third-order valence-corrected chi connectivity index (χ3v) is 3.23. The number of hydrogen-bond acceptors (Lipinski definition) is 6. The summed E-state index contributed by atoms with van der Waals surface area (Å²) in [7, 11) is 0. The van der Waals surface area contributed by atoms with Crippen LogP contribution in [0.2, 0.25) is 0 Å². The summed E-state index contributed by atoms with van der Waals surface area (Å²) < 4.78 is 0. The molecule has 118 valence electrons. The number of fused-ring (bicyclic) bond motifs is 1. The Morgan fingerprint density at radius 3 is 2.78 bits per heavy atom. The van der Waals surface area contributed by atoms with Crippen LogP contribution in [0.15, 0.2) is 35.3 Å². The van der Waals surface area contributed by atoms with E-state index in [2.05, 4.69) is 35.7 Å². The molecule has 0 fully saturated rings. The van der Waals surface area contributed by atoms with E-state index >= 15 is 0 Å². The van der Waals surface area contributed by atoms with E-state index in [1.54, 1.807) is 0 Å². The molecule has 2 heterocycles. The molecule has 9 nitrogen and oxygen atoms in total. The van der Waals surface area contributed by atoms with Crippen LogP contribution in [-0.4, -0.2) is 31.3 Å². The average molecular weight is 311 g/mol. The summed E-state index contributed by atoms with van der Waals surface area (Å²) in [5, 5.41) is 13.8. The van der Waals surface area contributed by atoms with Gasteiger partial charge in [-0.05, 0) is 12.5 Å². The molecule has 0 aliphatic carbocycles. The molecule has 2 aromatic heterocycles. The quantitative estimate of drug-likeness (QED) is 0.401. The highest BCUT2D eigenvalue weighted by Crippen LogP contribution is 2.21. The molecule has 0 saturated carbocycles. The van der Waals surface area contributed by atoms with E-state index in [9.17, 15) is 0 Å². The fourth-order valence-corrected chi connectivity index (χ4v) is 2.14. The SMILES string of the molecule is CC(N=C(N)N)c1nc(NCc2ccccc2)c2nn[nH]c2n1. The highest BCUT2D eigenvalue weighted by Gasteiger charge is 2.15. The van der Waals surface area contributed by atoms with Crippen molar-refractivity contribution in [1.82, 2.24) is 25.4 Å². The molecule has 0 spiro atoms. The Balaban J connectivity index is 1.91. The highest BCUT2D eigenvalue weighted by atomic mass is 15.4. The van der Waals surface area contributed by atoms with Gasteiger partial charge in [0.15, 0.2) is 28.8 Å². The van der Waals surface area contributed by atoms with Crippen molar-refractivity contribution < 1.29 is 0 Å². The van der Waals surface area contributed by atoms with Crippen molar-refractivity contribution in [2.75, 3.05) is 5.32 Å². The first kappa shape index (κ1) is 14.7. The molecule has 0 bridgehead atoms. The molecule has 9 heteroatoms. The minimum absolute atomic E-state index is 0.0114. The molecule has 6 N–H and O–H groups in total. The largest absolute Gasteiger partial charge is 0.370 e. The molecule has 0 radical (unpaired) electrons. The lowest BCUT2D eigenvalue weighted by atomic mass is 10.2. The number of benzene rings is 1. The van der Waals surface area contributed by atoms with E-state index in [-0.39, 0.29) is 12.0 Å². The normalized spacial score (nSPS) is 12.0. The Morgan fingerprint density at radius 1 is 1.26 bits per heavy atom. The van der Waals surface area contributed by atoms with Gasteiger partial charge in [-0.2, -0.15) is 0 Å². The maximum Gasteiger partial charge on any atom is 0.186 e. The first-order valence-electron chi connectivity index (χ1n) is 7.08. The summed E-state index contributed by atoms with van der Waals surface area (Å²) >= 11 is 0. The predicted molar refractivity (Wildman–Crippen MR) is 87.5 cm³/mol. The maximum absolute atomic E-state index is 5.42. The van der Waals surface area contributed by atoms with Crippen LogP contribution in [0.4, 0.5) is 5.82 Å². The Hall–Kier alpha value is -3.23. The first-order chi connectivity index (χ1) is 11.1. The minimum Gasteiger partial charge on any atom is -0.370 e. The summed E-state index contributed by atoms with van der Waals surface area (Å²) in [5.74, 6) is 1.05. The van der Waals surface area contributed by atoms with E-state index in [0.29, 0.717) is 29.4 Å². The molecule has 0 amide bonds. The number of nitrogens with two attached hydrogens (primary N) is 2. The van der Waals surface area contributed by atoms with Crippen LogP contribution in [-0.2, 0) is 6.54 Å². The smallest absolute Gasteiger partial charge is 0.186 e. The zero-order chi connectivity index (χ0) is 16.2. The second-order valence-electron chi connectivity index (χ2n) is 5.01. The van der Waals surface area contributed by atoms with E-state index in [1.165, 1.54) is 0 Å². The summed E-state index contributed by atoms with van der Waals surface area (Å²) in [4.78, 5) is 12.9. The van der Waals surface area contributed by atoms with E-state index in [1.807, 2.05) is 37.3 Å². The van der Waals surface area contributed by atoms with Crippen molar-refractivity contribution in [1.29, 1.82) is 0 Å². The molecule has 3 rings (SSSR count). The van der Waals surface area contributed by atoms with Crippen molar-refractivity contribution in [3.8, 4) is 0 Å². The van der Waals surface area contributed by atoms with Crippen LogP contribution >= 0.6 is 0 Å². The standard InChI is InChI=1S/C14H17N9/c1-8(18-14(15)16)11-19-12(10-13(20-11)22-23-21-10)17-7-9-5-3-2-4-6-9/h2-6,8H,7H2,1H3,(H4,15,16,18)(H2,17,19,20,21,22,23). The molecule has 1 atom stereocenters. The van der Waals surface area contributed by atoms with Gasteiger partial charge in [0, 0.05) is 6.54 Å². The average Bonchev–Trinajstić information content (AvgIpc) is 3.01. The van der Waals surface area contributed by atoms with Crippen LogP contribution in [0, 0.1) is 0 Å². The molecular formula is C14H17N9. The summed E-state index contributed by atoms with van der Waals surface area (Å²) in [6.45, 7) is 2.42. The summed E-state index contributed by atoms with van der Waals surface area (Å²) in [6, 6.07) is 9.61. The number of rotatable bonds is 5. The maximum atomic E-state index is 5.42. The number of guanidine groups is 1. The van der Waals surface area contributed by atoms with E-state index < -0.39 is 0 Å². The molecule has 23 heavy (non-hydrogen) atoms. The summed E-state index contributed by atoms with van der Waals surface area (Å²) in [6.07, 6.45) is 0. The van der Waals surface area contributed by atoms with Gasteiger partial charge in [0.25, 0.3) is 0 Å². The molecular weight excluding hydrogens is 294 g/mol. The summed E-state index contributed by atoms with van der Waals surface area (Å²) in [5.41, 5.74) is 13.1. The van der Waals surface area contributed by atoms with E-state index in [0.717, 1.165) is 5.56 Å². The third kappa shape index (κ3) is 3.34. The number of nitrogens with zero attached hydrogens (tertiary/aromatic N) is 5. The predicted octanol–water partition coefficient (Wildman–Crippen LogP) is 0.694. The number of aromatic nitrogens is 5. The lowest BCUT2D eigenvalue weighted by Crippen LogP contribution is -2.23. The van der Waals surface area contributed by atoms with Gasteiger partial charge in [-0.3, -0.25) is 0 Å². The van der Waals surface area contributed by atoms with Gasteiger partial charge in [0.1, 0.15) is 6.04 Å². The van der Waals surface area contributed by atoms with Crippen LogP contribution in [0.1, 0.15) is 24.4 Å². The Kier molecular flexibility index (Phi) is 4.00. The van der Waals surface area contributed by atoms with Gasteiger partial charge in [-0.1, -0.05) is 35.5 Å². The van der Waals surface area contributed by atoms with Crippen LogP contribution in [0.3, 0.4) is 0 Å². The van der Waals surface area contributed by atoms with Crippen molar-refractivity contribution in [2.24, 2.45) is 16.5 Å². The van der Waals surface area contributed by atoms with Crippen LogP contribution in [0.25, 0.3) is 11.2 Å². The highest BCUT2D eigenvalue weighted by molar-refractivity contribution is 5.81. The monoisotopic (exact) mass is 311 g/mol. The molecule has 0 aliphatic rings. The lowest BCUT2D eigenvalue weighted by molar-refractivity contribution is 0.744. The minimum atomic E-state index is -0.370. The molecule has 1 unspecified atom stereocenters. The number of aliphatic imine (C=N–C) groups is 1. The van der Waals surface area contributed by atoms with Crippen LogP contribution < -0.4 is 16.8 Å². The first-order valence-corrected chi connectivity index (χ1v) is 7.08. The molecule has 0 aliphatic heterocycles. The van der Waals surface area contributed by atoms with Crippen molar-refractivity contribution in [3.05, 3.63) is 41.7 Å². The molecule has 1 aromatic carbocycles. The second-order valence-corrected chi connectivity index (χ2v) is 5.01. The van der Waals surface area contributed by atoms with Crippen molar-refractivity contribution in [2.45, 2.75) is 19.5 Å². The second kappa shape index (κ2) is 6.26. The zero-order valence-corrected chi connectivity index (χ0v) is 12.6. The van der Waals surface area contributed by atoms with Gasteiger partial charge in [0.2, 0.25) is 0 Å².